The Morgan fingerprint density at radius 3 is 1.59 bits per heavy atom. The van der Waals surface area contributed by atoms with Crippen LogP contribution in [0.25, 0.3) is 20.2 Å². The van der Waals surface area contributed by atoms with E-state index in [1.807, 2.05) is 11.3 Å². The molecule has 0 aliphatic rings. The van der Waals surface area contributed by atoms with E-state index in [1.165, 1.54) is 20.2 Å². The van der Waals surface area contributed by atoms with Crippen LogP contribution in [0.15, 0.2) is 78.9 Å². The van der Waals surface area contributed by atoms with E-state index in [9.17, 15) is 4.79 Å². The molecule has 0 radical (unpaired) electrons. The quantitative estimate of drug-likeness (QED) is 0.508. The van der Waals surface area contributed by atoms with Crippen molar-refractivity contribution < 1.29 is 9.90 Å². The molecule has 22 heavy (non-hydrogen) atoms. The van der Waals surface area contributed by atoms with Gasteiger partial charge in [-0.05, 0) is 24.3 Å². The molecule has 0 saturated carbocycles. The predicted octanol–water partition coefficient (Wildman–Crippen LogP) is 5.44. The van der Waals surface area contributed by atoms with Gasteiger partial charge in [-0.3, -0.25) is 0 Å². The van der Waals surface area contributed by atoms with Crippen LogP contribution >= 0.6 is 11.3 Å². The zero-order chi connectivity index (χ0) is 15.4. The van der Waals surface area contributed by atoms with Crippen LogP contribution in [0, 0.1) is 0 Å². The van der Waals surface area contributed by atoms with Gasteiger partial charge in [-0.1, -0.05) is 54.6 Å². The summed E-state index contributed by atoms with van der Waals surface area (Å²) in [7, 11) is 0. The monoisotopic (exact) mass is 306 g/mol. The number of rotatable bonds is 1. The summed E-state index contributed by atoms with van der Waals surface area (Å²) in [6, 6.07) is 25.4. The molecular weight excluding hydrogens is 292 g/mol. The van der Waals surface area contributed by atoms with Crippen LogP contribution in [0.3, 0.4) is 0 Å². The first-order valence-electron chi connectivity index (χ1n) is 6.90. The second-order valence-electron chi connectivity index (χ2n) is 4.77. The summed E-state index contributed by atoms with van der Waals surface area (Å²) in [5.74, 6) is -0.879. The molecule has 1 heterocycles. The Bertz CT molecular complexity index is 860. The van der Waals surface area contributed by atoms with Crippen molar-refractivity contribution in [2.45, 2.75) is 0 Å². The maximum absolute atomic E-state index is 10.2. The summed E-state index contributed by atoms with van der Waals surface area (Å²) in [5.41, 5.74) is 0.331. The lowest BCUT2D eigenvalue weighted by molar-refractivity contribution is 0.0697. The molecule has 0 saturated heterocycles. The summed E-state index contributed by atoms with van der Waals surface area (Å²) in [6.45, 7) is 0. The number of aromatic carboxylic acids is 1. The van der Waals surface area contributed by atoms with E-state index in [0.29, 0.717) is 5.56 Å². The van der Waals surface area contributed by atoms with Gasteiger partial charge in [-0.25, -0.2) is 4.79 Å². The Morgan fingerprint density at radius 1 is 0.682 bits per heavy atom. The minimum absolute atomic E-state index is 0.331. The van der Waals surface area contributed by atoms with Gasteiger partial charge in [-0.2, -0.15) is 0 Å². The SMILES string of the molecule is O=C(O)c1ccccc1.c1ccc2c(c1)sc1ccccc12. The van der Waals surface area contributed by atoms with Crippen molar-refractivity contribution in [2.24, 2.45) is 0 Å². The average molecular weight is 306 g/mol. The van der Waals surface area contributed by atoms with Gasteiger partial charge in [0.2, 0.25) is 0 Å². The molecule has 0 amide bonds. The van der Waals surface area contributed by atoms with Gasteiger partial charge in [0.1, 0.15) is 0 Å². The molecule has 0 fully saturated rings. The summed E-state index contributed by atoms with van der Waals surface area (Å²) in [4.78, 5) is 10.2. The molecule has 3 heteroatoms. The number of hydrogen-bond donors (Lipinski definition) is 1. The Hall–Kier alpha value is -2.65. The van der Waals surface area contributed by atoms with E-state index in [0.717, 1.165) is 0 Å². The first kappa shape index (κ1) is 14.3. The van der Waals surface area contributed by atoms with Gasteiger partial charge >= 0.3 is 5.97 Å². The summed E-state index contributed by atoms with van der Waals surface area (Å²) >= 11 is 1.86. The van der Waals surface area contributed by atoms with Crippen LogP contribution < -0.4 is 0 Å². The van der Waals surface area contributed by atoms with E-state index in [-0.39, 0.29) is 0 Å². The molecule has 3 aromatic carbocycles. The molecular formula is C19H14O2S. The average Bonchev–Trinajstić information content (AvgIpc) is 2.95. The van der Waals surface area contributed by atoms with Gasteiger partial charge in [0.05, 0.1) is 5.56 Å². The molecule has 2 nitrogen and oxygen atoms in total. The van der Waals surface area contributed by atoms with Crippen molar-refractivity contribution in [3.05, 3.63) is 84.4 Å². The van der Waals surface area contributed by atoms with E-state index in [4.69, 9.17) is 5.11 Å². The van der Waals surface area contributed by atoms with Crippen molar-refractivity contribution in [3.63, 3.8) is 0 Å². The molecule has 0 aliphatic heterocycles. The lowest BCUT2D eigenvalue weighted by atomic mass is 10.2. The highest BCUT2D eigenvalue weighted by Gasteiger charge is 2.01. The summed E-state index contributed by atoms with van der Waals surface area (Å²) in [5, 5.41) is 11.1. The maximum atomic E-state index is 10.2. The maximum Gasteiger partial charge on any atom is 0.335 e. The normalized spacial score (nSPS) is 10.2. The van der Waals surface area contributed by atoms with Crippen LogP contribution in [-0.2, 0) is 0 Å². The third-order valence-electron chi connectivity index (χ3n) is 3.30. The van der Waals surface area contributed by atoms with Crippen molar-refractivity contribution in [2.75, 3.05) is 0 Å². The Balaban J connectivity index is 0.000000142. The second kappa shape index (κ2) is 6.41. The molecule has 0 aliphatic carbocycles. The fourth-order valence-corrected chi connectivity index (χ4v) is 3.36. The van der Waals surface area contributed by atoms with Gasteiger partial charge in [0.15, 0.2) is 0 Å². The van der Waals surface area contributed by atoms with E-state index < -0.39 is 5.97 Å². The molecule has 0 unspecified atom stereocenters. The Kier molecular flexibility index (Phi) is 4.17. The predicted molar refractivity (Wildman–Crippen MR) is 92.7 cm³/mol. The minimum atomic E-state index is -0.879. The molecule has 4 rings (SSSR count). The third-order valence-corrected chi connectivity index (χ3v) is 4.46. The molecule has 1 N–H and O–H groups in total. The number of carboxylic acid groups (broad SMARTS) is 1. The zero-order valence-electron chi connectivity index (χ0n) is 11.8. The molecule has 1 aromatic heterocycles. The van der Waals surface area contributed by atoms with E-state index in [1.54, 1.807) is 30.3 Å². The first-order valence-corrected chi connectivity index (χ1v) is 7.72. The fourth-order valence-electron chi connectivity index (χ4n) is 2.26. The van der Waals surface area contributed by atoms with Gasteiger partial charge < -0.3 is 5.11 Å². The second-order valence-corrected chi connectivity index (χ2v) is 5.85. The van der Waals surface area contributed by atoms with Gasteiger partial charge in [0.25, 0.3) is 0 Å². The Morgan fingerprint density at radius 2 is 1.14 bits per heavy atom. The molecule has 108 valence electrons. The largest absolute Gasteiger partial charge is 0.478 e. The van der Waals surface area contributed by atoms with Crippen molar-refractivity contribution in [1.29, 1.82) is 0 Å². The summed E-state index contributed by atoms with van der Waals surface area (Å²) in [6.07, 6.45) is 0. The summed E-state index contributed by atoms with van der Waals surface area (Å²) < 4.78 is 2.76. The number of carbonyl (C=O) groups is 1. The first-order chi connectivity index (χ1) is 10.8. The van der Waals surface area contributed by atoms with Crippen molar-refractivity contribution >= 4 is 37.5 Å². The number of fused-ring (bicyclic) bond motifs is 3. The minimum Gasteiger partial charge on any atom is -0.478 e. The third kappa shape index (κ3) is 3.00. The molecule has 0 bridgehead atoms. The standard InChI is InChI=1S/C12H8S.C7H6O2/c1-3-7-11-9(5-1)10-6-2-4-8-12(10)13-11;8-7(9)6-4-2-1-3-5-6/h1-8H;1-5H,(H,8,9). The van der Waals surface area contributed by atoms with Crippen molar-refractivity contribution in [3.8, 4) is 0 Å². The van der Waals surface area contributed by atoms with E-state index in [2.05, 4.69) is 48.5 Å². The topological polar surface area (TPSA) is 37.3 Å². The lowest BCUT2D eigenvalue weighted by Gasteiger charge is -1.88. The fraction of sp³-hybridized carbons (Fsp3) is 0. The van der Waals surface area contributed by atoms with Crippen LogP contribution in [-0.4, -0.2) is 11.1 Å². The van der Waals surface area contributed by atoms with Crippen LogP contribution in [0.5, 0.6) is 0 Å². The Labute approximate surface area is 132 Å². The number of carboxylic acids is 1. The van der Waals surface area contributed by atoms with Gasteiger partial charge in [0, 0.05) is 20.2 Å². The highest BCUT2D eigenvalue weighted by atomic mass is 32.1. The number of thiophene rings is 1. The number of hydrogen-bond acceptors (Lipinski definition) is 2. The lowest BCUT2D eigenvalue weighted by Crippen LogP contribution is -1.93. The van der Waals surface area contributed by atoms with E-state index >= 15 is 0 Å². The van der Waals surface area contributed by atoms with Gasteiger partial charge in [-0.15, -0.1) is 11.3 Å². The molecule has 4 aromatic rings. The molecule has 0 atom stereocenters. The zero-order valence-corrected chi connectivity index (χ0v) is 12.6. The highest BCUT2D eigenvalue weighted by molar-refractivity contribution is 7.25. The highest BCUT2D eigenvalue weighted by Crippen LogP contribution is 2.32. The van der Waals surface area contributed by atoms with Crippen LogP contribution in [0.4, 0.5) is 0 Å². The van der Waals surface area contributed by atoms with Crippen LogP contribution in [0.1, 0.15) is 10.4 Å². The van der Waals surface area contributed by atoms with Crippen molar-refractivity contribution in [1.82, 2.24) is 0 Å². The molecule has 0 spiro atoms. The van der Waals surface area contributed by atoms with Crippen LogP contribution in [0.2, 0.25) is 0 Å². The number of benzene rings is 3. The smallest absolute Gasteiger partial charge is 0.335 e.